The molecule has 4 N–H and O–H groups in total. The average molecular weight is 524 g/mol. The second-order valence-electron chi connectivity index (χ2n) is 12.5. The van der Waals surface area contributed by atoms with E-state index >= 15 is 0 Å². The van der Waals surface area contributed by atoms with Gasteiger partial charge in [-0.15, -0.1) is 0 Å². The lowest BCUT2D eigenvalue weighted by Gasteiger charge is -2.33. The minimum atomic E-state index is 0.338. The molecular weight excluding hydrogens is 474 g/mol. The highest BCUT2D eigenvalue weighted by atomic mass is 15.5. The number of hydrogen-bond acceptors (Lipinski definition) is 8. The van der Waals surface area contributed by atoms with Crippen LogP contribution >= 0.6 is 0 Å². The largest absolute Gasteiger partial charge is 0.351 e. The van der Waals surface area contributed by atoms with Crippen LogP contribution in [0.25, 0.3) is 11.2 Å². The van der Waals surface area contributed by atoms with E-state index in [-0.39, 0.29) is 0 Å². The maximum Gasteiger partial charge on any atom is 0.227 e. The molecule has 2 saturated carbocycles. The van der Waals surface area contributed by atoms with E-state index in [9.17, 15) is 0 Å². The third-order valence-corrected chi connectivity index (χ3v) is 9.66. The van der Waals surface area contributed by atoms with Crippen LogP contribution in [0.15, 0.2) is 6.33 Å². The van der Waals surface area contributed by atoms with E-state index in [0.717, 1.165) is 67.6 Å². The summed E-state index contributed by atoms with van der Waals surface area (Å²) in [7, 11) is 0. The van der Waals surface area contributed by atoms with Gasteiger partial charge in [-0.3, -0.25) is 0 Å². The first kappa shape index (κ1) is 26.3. The third-order valence-electron chi connectivity index (χ3n) is 9.66. The highest BCUT2D eigenvalue weighted by molar-refractivity contribution is 5.84. The van der Waals surface area contributed by atoms with E-state index in [0.29, 0.717) is 18.1 Å². The first-order valence-electron chi connectivity index (χ1n) is 15.7. The number of piperidine rings is 2. The summed E-state index contributed by atoms with van der Waals surface area (Å²) in [4.78, 5) is 17.5. The van der Waals surface area contributed by atoms with Gasteiger partial charge in [0.05, 0.1) is 6.33 Å². The molecule has 4 heterocycles. The van der Waals surface area contributed by atoms with Crippen LogP contribution in [0.2, 0.25) is 0 Å². The minimum Gasteiger partial charge on any atom is -0.351 e. The number of nitrogens with zero attached hydrogens (tertiary/aromatic N) is 6. The molecule has 4 aliphatic rings. The summed E-state index contributed by atoms with van der Waals surface area (Å²) in [5.41, 5.74) is 11.7. The second-order valence-corrected chi connectivity index (χ2v) is 12.5. The molecule has 2 aliphatic carbocycles. The monoisotopic (exact) mass is 523 g/mol. The van der Waals surface area contributed by atoms with Crippen LogP contribution in [-0.2, 0) is 0 Å². The van der Waals surface area contributed by atoms with Gasteiger partial charge in [0.25, 0.3) is 0 Å². The van der Waals surface area contributed by atoms with Crippen molar-refractivity contribution >= 4 is 22.9 Å². The summed E-state index contributed by atoms with van der Waals surface area (Å²) in [6, 6.07) is 1.23. The SMILES string of the molecule is NC1CCC(Nc2nc(NN3CCC(CCCN4CCCCC4)CC3)c3ncn(C4CCCC4)c3n2)CC1. The fraction of sp³-hybridized carbons (Fsp3) is 0.828. The van der Waals surface area contributed by atoms with Gasteiger partial charge >= 0.3 is 0 Å². The summed E-state index contributed by atoms with van der Waals surface area (Å²) < 4.78 is 2.31. The van der Waals surface area contributed by atoms with Crippen molar-refractivity contribution in [1.82, 2.24) is 29.4 Å². The van der Waals surface area contributed by atoms with Crippen molar-refractivity contribution in [2.45, 2.75) is 114 Å². The minimum absolute atomic E-state index is 0.338. The van der Waals surface area contributed by atoms with Crippen LogP contribution in [0.3, 0.4) is 0 Å². The van der Waals surface area contributed by atoms with Crippen LogP contribution in [0.4, 0.5) is 11.8 Å². The Balaban J connectivity index is 1.10. The van der Waals surface area contributed by atoms with Crippen LogP contribution < -0.4 is 16.5 Å². The van der Waals surface area contributed by atoms with Crippen molar-refractivity contribution in [2.75, 3.05) is 43.5 Å². The van der Waals surface area contributed by atoms with Gasteiger partial charge in [-0.25, -0.2) is 9.99 Å². The number of rotatable bonds is 9. The van der Waals surface area contributed by atoms with Gasteiger partial charge in [-0.2, -0.15) is 9.97 Å². The molecule has 9 nitrogen and oxygen atoms in total. The van der Waals surface area contributed by atoms with Crippen molar-refractivity contribution in [2.24, 2.45) is 11.7 Å². The van der Waals surface area contributed by atoms with E-state index in [1.807, 2.05) is 6.33 Å². The van der Waals surface area contributed by atoms with Crippen LogP contribution in [0.1, 0.15) is 102 Å². The number of fused-ring (bicyclic) bond motifs is 1. The molecular formula is C29H49N9. The lowest BCUT2D eigenvalue weighted by atomic mass is 9.92. The Bertz CT molecular complexity index is 1010. The first-order chi connectivity index (χ1) is 18.7. The molecule has 0 bridgehead atoms. The number of imidazole rings is 1. The number of likely N-dealkylation sites (tertiary alicyclic amines) is 1. The zero-order chi connectivity index (χ0) is 25.7. The molecule has 0 spiro atoms. The number of nitrogens with two attached hydrogens (primary N) is 1. The Kier molecular flexibility index (Phi) is 8.62. The topological polar surface area (TPSA) is 100 Å². The van der Waals surface area contributed by atoms with E-state index in [1.54, 1.807) is 0 Å². The van der Waals surface area contributed by atoms with Crippen molar-refractivity contribution in [1.29, 1.82) is 0 Å². The summed E-state index contributed by atoms with van der Waals surface area (Å²) in [6.07, 6.45) is 20.8. The fourth-order valence-electron chi connectivity index (χ4n) is 7.22. The van der Waals surface area contributed by atoms with Gasteiger partial charge in [0.2, 0.25) is 5.95 Å². The molecule has 2 aromatic heterocycles. The number of hydrazine groups is 1. The number of aromatic nitrogens is 4. The molecule has 0 amide bonds. The number of anilines is 2. The molecule has 38 heavy (non-hydrogen) atoms. The Labute approximate surface area is 228 Å². The van der Waals surface area contributed by atoms with E-state index in [4.69, 9.17) is 20.7 Å². The zero-order valence-corrected chi connectivity index (χ0v) is 23.3. The van der Waals surface area contributed by atoms with Crippen LogP contribution in [-0.4, -0.2) is 74.2 Å². The molecule has 2 saturated heterocycles. The summed E-state index contributed by atoms with van der Waals surface area (Å²) in [6.45, 7) is 6.05. The quantitative estimate of drug-likeness (QED) is 0.426. The molecule has 2 aliphatic heterocycles. The molecule has 9 heteroatoms. The van der Waals surface area contributed by atoms with Crippen molar-refractivity contribution in [3.05, 3.63) is 6.33 Å². The second kappa shape index (κ2) is 12.5. The van der Waals surface area contributed by atoms with Gasteiger partial charge in [0.15, 0.2) is 17.0 Å². The van der Waals surface area contributed by atoms with Crippen LogP contribution in [0, 0.1) is 5.92 Å². The highest BCUT2D eigenvalue weighted by Gasteiger charge is 2.26. The Morgan fingerprint density at radius 2 is 1.61 bits per heavy atom. The van der Waals surface area contributed by atoms with Crippen molar-refractivity contribution in [3.63, 3.8) is 0 Å². The fourth-order valence-corrected chi connectivity index (χ4v) is 7.22. The summed E-state index contributed by atoms with van der Waals surface area (Å²) in [5.74, 6) is 2.43. The molecule has 2 aromatic rings. The Morgan fingerprint density at radius 1 is 0.842 bits per heavy atom. The molecule has 0 aromatic carbocycles. The van der Waals surface area contributed by atoms with Crippen LogP contribution in [0.5, 0.6) is 0 Å². The maximum absolute atomic E-state index is 6.15. The lowest BCUT2D eigenvalue weighted by molar-refractivity contribution is 0.188. The molecule has 210 valence electrons. The normalized spacial score (nSPS) is 26.8. The van der Waals surface area contributed by atoms with Crippen molar-refractivity contribution < 1.29 is 0 Å². The Hall–Kier alpha value is -1.97. The van der Waals surface area contributed by atoms with Gasteiger partial charge in [0.1, 0.15) is 0 Å². The molecule has 0 radical (unpaired) electrons. The summed E-state index contributed by atoms with van der Waals surface area (Å²) in [5, 5.41) is 6.02. The van der Waals surface area contributed by atoms with E-state index in [2.05, 4.69) is 25.2 Å². The van der Waals surface area contributed by atoms with Gasteiger partial charge in [0, 0.05) is 31.2 Å². The summed E-state index contributed by atoms with van der Waals surface area (Å²) >= 11 is 0. The number of hydrogen-bond donors (Lipinski definition) is 3. The zero-order valence-electron chi connectivity index (χ0n) is 23.3. The standard InChI is InChI=1S/C29H49N9/c30-23-10-12-24(13-11-23)32-29-33-27(26-28(34-29)38(21-31-26)25-8-2-3-9-25)35-37-19-14-22(15-20-37)7-6-18-36-16-4-1-5-17-36/h21-25H,1-20,30H2,(H2,32,33,34,35). The van der Waals surface area contributed by atoms with Gasteiger partial charge < -0.3 is 25.9 Å². The Morgan fingerprint density at radius 3 is 2.37 bits per heavy atom. The first-order valence-corrected chi connectivity index (χ1v) is 15.7. The smallest absolute Gasteiger partial charge is 0.227 e. The predicted molar refractivity (Wildman–Crippen MR) is 154 cm³/mol. The molecule has 4 fully saturated rings. The maximum atomic E-state index is 6.15. The molecule has 0 atom stereocenters. The van der Waals surface area contributed by atoms with Crippen molar-refractivity contribution in [3.8, 4) is 0 Å². The lowest BCUT2D eigenvalue weighted by Crippen LogP contribution is -2.38. The van der Waals surface area contributed by atoms with Gasteiger partial charge in [-0.1, -0.05) is 19.3 Å². The predicted octanol–water partition coefficient (Wildman–Crippen LogP) is 4.93. The van der Waals surface area contributed by atoms with E-state index in [1.165, 1.54) is 90.3 Å². The van der Waals surface area contributed by atoms with E-state index < -0.39 is 0 Å². The molecule has 0 unspecified atom stereocenters. The highest BCUT2D eigenvalue weighted by Crippen LogP contribution is 2.34. The molecule has 6 rings (SSSR count). The number of nitrogens with one attached hydrogen (secondary N) is 2. The van der Waals surface area contributed by atoms with Gasteiger partial charge in [-0.05, 0) is 103 Å². The average Bonchev–Trinajstić information content (AvgIpc) is 3.62. The third kappa shape index (κ3) is 6.42.